The Hall–Kier alpha value is 0.704. The van der Waals surface area contributed by atoms with Crippen molar-refractivity contribution in [2.75, 3.05) is 13.2 Å². The zero-order valence-electron chi connectivity index (χ0n) is 25.5. The molecule has 0 amide bonds. The fraction of sp³-hybridized carbons (Fsp3) is 1.00. The van der Waals surface area contributed by atoms with Crippen LogP contribution in [-0.2, 0) is 8.85 Å². The summed E-state index contributed by atoms with van der Waals surface area (Å²) >= 11 is 2.32. The Morgan fingerprint density at radius 2 is 0.743 bits per heavy atom. The Bertz CT molecular complexity index is 404. The normalized spacial score (nSPS) is 14.4. The molecule has 0 spiro atoms. The number of hydrogen-bond donors (Lipinski definition) is 0. The molecule has 0 heterocycles. The summed E-state index contributed by atoms with van der Waals surface area (Å²) in [5.41, 5.74) is 0. The molecular formula is C30H66O2SSi2. The van der Waals surface area contributed by atoms with Crippen molar-refractivity contribution in [2.24, 2.45) is 0 Å². The lowest BCUT2D eigenvalue weighted by molar-refractivity contribution is 0.292. The molecule has 0 aliphatic heterocycles. The van der Waals surface area contributed by atoms with Crippen molar-refractivity contribution in [1.29, 1.82) is 0 Å². The van der Waals surface area contributed by atoms with E-state index in [0.29, 0.717) is 9.75 Å². The molecule has 0 aromatic heterocycles. The van der Waals surface area contributed by atoms with Gasteiger partial charge in [-0.25, -0.2) is 0 Å². The third-order valence-electron chi connectivity index (χ3n) is 7.89. The van der Waals surface area contributed by atoms with Gasteiger partial charge < -0.3 is 8.85 Å². The maximum absolute atomic E-state index is 7.02. The van der Waals surface area contributed by atoms with Crippen LogP contribution < -0.4 is 0 Å². The van der Waals surface area contributed by atoms with Crippen LogP contribution in [-0.4, -0.2) is 39.6 Å². The third kappa shape index (κ3) is 14.4. The van der Waals surface area contributed by atoms with Crippen LogP contribution in [0.15, 0.2) is 0 Å². The third-order valence-corrected chi connectivity index (χ3v) is 21.4. The minimum atomic E-state index is -1.81. The average molecular weight is 547 g/mol. The van der Waals surface area contributed by atoms with E-state index in [2.05, 4.69) is 67.2 Å². The highest BCUT2D eigenvalue weighted by Gasteiger charge is 2.46. The van der Waals surface area contributed by atoms with E-state index in [0.717, 1.165) is 26.1 Å². The van der Waals surface area contributed by atoms with Gasteiger partial charge in [-0.2, -0.15) is 11.8 Å². The fourth-order valence-electron chi connectivity index (χ4n) is 5.45. The van der Waals surface area contributed by atoms with Crippen LogP contribution in [0.3, 0.4) is 0 Å². The van der Waals surface area contributed by atoms with Crippen LogP contribution in [0.5, 0.6) is 0 Å². The summed E-state index contributed by atoms with van der Waals surface area (Å²) in [4.78, 5) is 1.32. The Morgan fingerprint density at radius 1 is 0.457 bits per heavy atom. The molecule has 0 aliphatic carbocycles. The van der Waals surface area contributed by atoms with Gasteiger partial charge in [0.15, 0.2) is 0 Å². The van der Waals surface area contributed by atoms with Gasteiger partial charge in [-0.3, -0.25) is 0 Å². The van der Waals surface area contributed by atoms with Gasteiger partial charge in [0.05, 0.1) is 0 Å². The predicted molar refractivity (Wildman–Crippen MR) is 168 cm³/mol. The van der Waals surface area contributed by atoms with Gasteiger partial charge in [-0.05, 0) is 37.0 Å². The first-order valence-electron chi connectivity index (χ1n) is 15.8. The van der Waals surface area contributed by atoms with Crippen molar-refractivity contribution in [1.82, 2.24) is 0 Å². The Labute approximate surface area is 229 Å². The molecule has 0 fully saturated rings. The summed E-state index contributed by atoms with van der Waals surface area (Å²) in [5, 5.41) is 0. The molecular weight excluding hydrogens is 481 g/mol. The van der Waals surface area contributed by atoms with Gasteiger partial charge in [-0.1, -0.05) is 132 Å². The fourth-order valence-corrected chi connectivity index (χ4v) is 19.3. The molecule has 0 aliphatic rings. The molecule has 0 aromatic carbocycles. The molecule has 212 valence electrons. The lowest BCUT2D eigenvalue weighted by Crippen LogP contribution is -2.53. The van der Waals surface area contributed by atoms with E-state index in [9.17, 15) is 0 Å². The molecule has 0 saturated carbocycles. The predicted octanol–water partition coefficient (Wildman–Crippen LogP) is 11.1. The molecule has 0 saturated heterocycles. The highest BCUT2D eigenvalue weighted by Crippen LogP contribution is 2.41. The van der Waals surface area contributed by atoms with Gasteiger partial charge in [0, 0.05) is 23.0 Å². The van der Waals surface area contributed by atoms with E-state index < -0.39 is 16.6 Å². The zero-order chi connectivity index (χ0) is 26.4. The van der Waals surface area contributed by atoms with E-state index in [4.69, 9.17) is 8.85 Å². The molecule has 0 radical (unpaired) electrons. The van der Waals surface area contributed by atoms with Gasteiger partial charge in [-0.15, -0.1) is 0 Å². The quantitative estimate of drug-likeness (QED) is 0.0793. The lowest BCUT2D eigenvalue weighted by atomic mass is 10.3. The zero-order valence-corrected chi connectivity index (χ0v) is 28.3. The summed E-state index contributed by atoms with van der Waals surface area (Å²) in [6.07, 6.45) is 18.4. The second kappa shape index (κ2) is 22.7. The first-order chi connectivity index (χ1) is 16.9. The molecule has 2 nitrogen and oxygen atoms in total. The molecule has 2 unspecified atom stereocenters. The smallest absolute Gasteiger partial charge is 0.205 e. The molecule has 2 atom stereocenters. The molecule has 5 heteroatoms. The summed E-state index contributed by atoms with van der Waals surface area (Å²) in [7, 11) is -3.63. The number of hydrogen-bond acceptors (Lipinski definition) is 3. The topological polar surface area (TPSA) is 18.5 Å². The van der Waals surface area contributed by atoms with E-state index >= 15 is 0 Å². The average Bonchev–Trinajstić information content (AvgIpc) is 2.85. The van der Waals surface area contributed by atoms with E-state index in [1.807, 2.05) is 0 Å². The van der Waals surface area contributed by atoms with Gasteiger partial charge in [0.1, 0.15) is 0 Å². The molecule has 0 aromatic rings. The Morgan fingerprint density at radius 3 is 0.971 bits per heavy atom. The monoisotopic (exact) mass is 546 g/mol. The van der Waals surface area contributed by atoms with Crippen LogP contribution in [0.4, 0.5) is 0 Å². The van der Waals surface area contributed by atoms with Gasteiger partial charge in [0.2, 0.25) is 16.6 Å². The molecule has 35 heavy (non-hydrogen) atoms. The van der Waals surface area contributed by atoms with Crippen LogP contribution >= 0.6 is 11.8 Å². The van der Waals surface area contributed by atoms with Gasteiger partial charge >= 0.3 is 0 Å². The maximum Gasteiger partial charge on any atom is 0.205 e. The minimum Gasteiger partial charge on any atom is -0.416 e. The molecule has 0 bridgehead atoms. The maximum atomic E-state index is 7.02. The number of rotatable bonds is 26. The van der Waals surface area contributed by atoms with E-state index in [1.54, 1.807) is 0 Å². The number of unbranched alkanes of at least 4 members (excludes halogenated alkanes) is 8. The Balaban J connectivity index is 5.88. The van der Waals surface area contributed by atoms with Crippen molar-refractivity contribution < 1.29 is 8.85 Å². The highest BCUT2D eigenvalue weighted by atomic mass is 32.2. The second-order valence-electron chi connectivity index (χ2n) is 11.1. The van der Waals surface area contributed by atoms with Crippen molar-refractivity contribution >= 4 is 28.4 Å². The second-order valence-corrected chi connectivity index (χ2v) is 22.2. The first kappa shape index (κ1) is 35.7. The summed E-state index contributed by atoms with van der Waals surface area (Å²) in [6, 6.07) is 5.45. The SMILES string of the molecule is CCCCC[Si](CCCCC)(OCCC)C(C)SC(C)[Si](CCCCC)(CCCCC)OCCC. The Kier molecular flexibility index (Phi) is 23.1. The van der Waals surface area contributed by atoms with E-state index in [1.165, 1.54) is 101 Å². The van der Waals surface area contributed by atoms with Crippen LogP contribution in [0, 0.1) is 0 Å². The summed E-state index contributed by atoms with van der Waals surface area (Å²) in [5.74, 6) is 0. The summed E-state index contributed by atoms with van der Waals surface area (Å²) < 4.78 is 14.0. The van der Waals surface area contributed by atoms with Crippen molar-refractivity contribution in [2.45, 2.75) is 179 Å². The van der Waals surface area contributed by atoms with Crippen LogP contribution in [0.25, 0.3) is 0 Å². The largest absolute Gasteiger partial charge is 0.416 e. The van der Waals surface area contributed by atoms with Crippen molar-refractivity contribution in [3.05, 3.63) is 0 Å². The summed E-state index contributed by atoms with van der Waals surface area (Å²) in [6.45, 7) is 21.0. The van der Waals surface area contributed by atoms with Crippen molar-refractivity contribution in [3.8, 4) is 0 Å². The molecule has 0 N–H and O–H groups in total. The van der Waals surface area contributed by atoms with Gasteiger partial charge in [0.25, 0.3) is 0 Å². The first-order valence-corrected chi connectivity index (χ1v) is 21.6. The lowest BCUT2D eigenvalue weighted by Gasteiger charge is -2.42. The van der Waals surface area contributed by atoms with Crippen LogP contribution in [0.1, 0.15) is 145 Å². The highest BCUT2D eigenvalue weighted by molar-refractivity contribution is 8.03. The molecule has 0 rings (SSSR count). The van der Waals surface area contributed by atoms with E-state index in [-0.39, 0.29) is 0 Å². The standard InChI is InChI=1S/C30H66O2SSi2/c1-9-15-19-25-34(31-23-13-5,26-20-16-10-2)29(7)33-30(8)35(32-24-14-6,27-21-17-11-3)28-22-18-12-4/h29-30H,9-28H2,1-8H3. The minimum absolute atomic E-state index is 0.659. The number of thioether (sulfide) groups is 1. The van der Waals surface area contributed by atoms with Crippen molar-refractivity contribution in [3.63, 3.8) is 0 Å². The van der Waals surface area contributed by atoms with Crippen LogP contribution in [0.2, 0.25) is 24.2 Å².